The Kier molecular flexibility index (Phi) is 5.46. The average molecular weight is 369 g/mol. The molecule has 0 saturated heterocycles. The first kappa shape index (κ1) is 18.1. The maximum absolute atomic E-state index is 13.5. The summed E-state index contributed by atoms with van der Waals surface area (Å²) in [6.45, 7) is 1.94. The van der Waals surface area contributed by atoms with Crippen LogP contribution in [0.3, 0.4) is 0 Å². The minimum Gasteiger partial charge on any atom is -0.460 e. The number of rotatable bonds is 5. The standard InChI is InChI=1S/C19H16FN3O4/c1-2-26-18(24)17-11-16(23-27-17)12-7-9-13(10-8-12)21-19(25)22-15-6-4-3-5-14(15)20/h3-11H,2H2,1H3,(H2,21,22,25). The first-order valence-corrected chi connectivity index (χ1v) is 8.13. The molecule has 3 rings (SSSR count). The minimum atomic E-state index is -0.584. The molecule has 7 nitrogen and oxygen atoms in total. The van der Waals surface area contributed by atoms with E-state index in [1.807, 2.05) is 0 Å². The van der Waals surface area contributed by atoms with Gasteiger partial charge in [-0.2, -0.15) is 0 Å². The van der Waals surface area contributed by atoms with Crippen LogP contribution in [0.1, 0.15) is 17.5 Å². The molecule has 2 N–H and O–H groups in total. The van der Waals surface area contributed by atoms with Gasteiger partial charge in [0.05, 0.1) is 12.3 Å². The van der Waals surface area contributed by atoms with Crippen molar-refractivity contribution >= 4 is 23.4 Å². The van der Waals surface area contributed by atoms with Gasteiger partial charge in [-0.05, 0) is 31.2 Å². The van der Waals surface area contributed by atoms with Gasteiger partial charge in [0.25, 0.3) is 0 Å². The predicted molar refractivity (Wildman–Crippen MR) is 96.9 cm³/mol. The Bertz CT molecular complexity index is 954. The van der Waals surface area contributed by atoms with E-state index in [-0.39, 0.29) is 18.1 Å². The number of carbonyl (C=O) groups excluding carboxylic acids is 2. The molecule has 0 radical (unpaired) electrons. The third-order valence-corrected chi connectivity index (χ3v) is 3.55. The summed E-state index contributed by atoms with van der Waals surface area (Å²) in [6.07, 6.45) is 0. The Morgan fingerprint density at radius 3 is 2.56 bits per heavy atom. The topological polar surface area (TPSA) is 93.5 Å². The summed E-state index contributed by atoms with van der Waals surface area (Å²) < 4.78 is 23.4. The number of ether oxygens (including phenoxy) is 1. The molecule has 0 aliphatic carbocycles. The van der Waals surface area contributed by atoms with Crippen LogP contribution in [0.4, 0.5) is 20.6 Å². The number of hydrogen-bond donors (Lipinski definition) is 2. The molecule has 0 fully saturated rings. The molecule has 0 aliphatic heterocycles. The Morgan fingerprint density at radius 1 is 1.11 bits per heavy atom. The monoisotopic (exact) mass is 369 g/mol. The maximum atomic E-state index is 13.5. The Hall–Kier alpha value is -3.68. The summed E-state index contributed by atoms with van der Waals surface area (Å²) in [5, 5.41) is 8.86. The van der Waals surface area contributed by atoms with Crippen LogP contribution in [0.5, 0.6) is 0 Å². The molecule has 0 saturated carbocycles. The van der Waals surface area contributed by atoms with E-state index in [1.54, 1.807) is 37.3 Å². The summed E-state index contributed by atoms with van der Waals surface area (Å²) in [6, 6.07) is 13.5. The number of urea groups is 1. The lowest BCUT2D eigenvalue weighted by Gasteiger charge is -2.08. The first-order valence-electron chi connectivity index (χ1n) is 8.13. The van der Waals surface area contributed by atoms with E-state index in [4.69, 9.17) is 9.26 Å². The van der Waals surface area contributed by atoms with Crippen molar-refractivity contribution in [3.63, 3.8) is 0 Å². The van der Waals surface area contributed by atoms with Gasteiger partial charge in [-0.25, -0.2) is 14.0 Å². The highest BCUT2D eigenvalue weighted by Gasteiger charge is 2.15. The van der Waals surface area contributed by atoms with Gasteiger partial charge in [-0.3, -0.25) is 0 Å². The number of benzene rings is 2. The van der Waals surface area contributed by atoms with Crippen molar-refractivity contribution in [3.8, 4) is 11.3 Å². The van der Waals surface area contributed by atoms with Gasteiger partial charge >= 0.3 is 12.0 Å². The summed E-state index contributed by atoms with van der Waals surface area (Å²) in [7, 11) is 0. The van der Waals surface area contributed by atoms with Crippen LogP contribution in [-0.4, -0.2) is 23.8 Å². The SMILES string of the molecule is CCOC(=O)c1cc(-c2ccc(NC(=O)Nc3ccccc3F)cc2)no1. The molecule has 1 heterocycles. The number of esters is 1. The molecule has 0 unspecified atom stereocenters. The summed E-state index contributed by atoms with van der Waals surface area (Å²) in [4.78, 5) is 23.6. The Balaban J connectivity index is 1.64. The second-order valence-electron chi connectivity index (χ2n) is 5.43. The smallest absolute Gasteiger partial charge is 0.377 e. The Labute approximate surface area is 154 Å². The van der Waals surface area contributed by atoms with Crippen LogP contribution in [0.25, 0.3) is 11.3 Å². The molecule has 0 atom stereocenters. The number of nitrogens with one attached hydrogen (secondary N) is 2. The molecule has 0 bridgehead atoms. The molecule has 0 aliphatic rings. The van der Waals surface area contributed by atoms with Crippen molar-refractivity contribution in [2.24, 2.45) is 0 Å². The van der Waals surface area contributed by atoms with Crippen LogP contribution >= 0.6 is 0 Å². The van der Waals surface area contributed by atoms with E-state index in [9.17, 15) is 14.0 Å². The first-order chi connectivity index (χ1) is 13.1. The molecular formula is C19H16FN3O4. The molecule has 0 spiro atoms. The number of halogens is 1. The van der Waals surface area contributed by atoms with Crippen LogP contribution in [0, 0.1) is 5.82 Å². The van der Waals surface area contributed by atoms with Gasteiger partial charge in [0.1, 0.15) is 11.5 Å². The number of hydrogen-bond acceptors (Lipinski definition) is 5. The lowest BCUT2D eigenvalue weighted by Crippen LogP contribution is -2.20. The zero-order valence-electron chi connectivity index (χ0n) is 14.4. The number of anilines is 2. The van der Waals surface area contributed by atoms with E-state index in [2.05, 4.69) is 15.8 Å². The van der Waals surface area contributed by atoms with Gasteiger partial charge in [-0.15, -0.1) is 0 Å². The summed E-state index contributed by atoms with van der Waals surface area (Å²) in [5.41, 5.74) is 1.73. The van der Waals surface area contributed by atoms with Crippen LogP contribution in [0.15, 0.2) is 59.1 Å². The van der Waals surface area contributed by atoms with Gasteiger partial charge in [0.15, 0.2) is 0 Å². The third-order valence-electron chi connectivity index (χ3n) is 3.55. The molecule has 1 aromatic heterocycles. The quantitative estimate of drug-likeness (QED) is 0.654. The summed E-state index contributed by atoms with van der Waals surface area (Å²) >= 11 is 0. The van der Waals surface area contributed by atoms with Crippen LogP contribution in [0.2, 0.25) is 0 Å². The number of para-hydroxylation sites is 1. The van der Waals surface area contributed by atoms with E-state index in [1.165, 1.54) is 24.3 Å². The van der Waals surface area contributed by atoms with Crippen molar-refractivity contribution in [1.29, 1.82) is 0 Å². The fourth-order valence-corrected chi connectivity index (χ4v) is 2.28. The van der Waals surface area contributed by atoms with Crippen LogP contribution in [-0.2, 0) is 4.74 Å². The van der Waals surface area contributed by atoms with Crippen molar-refractivity contribution in [3.05, 3.63) is 66.2 Å². The van der Waals surface area contributed by atoms with Gasteiger partial charge in [-0.1, -0.05) is 29.4 Å². The van der Waals surface area contributed by atoms with Crippen molar-refractivity contribution in [1.82, 2.24) is 5.16 Å². The highest BCUT2D eigenvalue weighted by atomic mass is 19.1. The maximum Gasteiger partial charge on any atom is 0.377 e. The van der Waals surface area contributed by atoms with Gasteiger partial charge in [0.2, 0.25) is 5.76 Å². The number of nitrogens with zero attached hydrogens (tertiary/aromatic N) is 1. The zero-order valence-corrected chi connectivity index (χ0v) is 14.4. The zero-order chi connectivity index (χ0) is 19.2. The normalized spacial score (nSPS) is 10.3. The molecule has 2 aromatic carbocycles. The molecular weight excluding hydrogens is 353 g/mol. The molecule has 3 aromatic rings. The van der Waals surface area contributed by atoms with E-state index >= 15 is 0 Å². The van der Waals surface area contributed by atoms with E-state index in [0.717, 1.165) is 0 Å². The lowest BCUT2D eigenvalue weighted by molar-refractivity contribution is 0.0479. The fourth-order valence-electron chi connectivity index (χ4n) is 2.28. The number of aromatic nitrogens is 1. The largest absolute Gasteiger partial charge is 0.460 e. The highest BCUT2D eigenvalue weighted by molar-refractivity contribution is 5.99. The second kappa shape index (κ2) is 8.13. The number of carbonyl (C=O) groups is 2. The molecule has 27 heavy (non-hydrogen) atoms. The van der Waals surface area contributed by atoms with Crippen LogP contribution < -0.4 is 10.6 Å². The molecule has 138 valence electrons. The molecule has 8 heteroatoms. The van der Waals surface area contributed by atoms with E-state index < -0.39 is 17.8 Å². The predicted octanol–water partition coefficient (Wildman–Crippen LogP) is 4.30. The lowest BCUT2D eigenvalue weighted by atomic mass is 10.1. The van der Waals surface area contributed by atoms with Gasteiger partial charge in [0, 0.05) is 17.3 Å². The fraction of sp³-hybridized carbons (Fsp3) is 0.105. The van der Waals surface area contributed by atoms with Gasteiger partial charge < -0.3 is 19.9 Å². The highest BCUT2D eigenvalue weighted by Crippen LogP contribution is 2.22. The second-order valence-corrected chi connectivity index (χ2v) is 5.43. The van der Waals surface area contributed by atoms with Crippen molar-refractivity contribution in [2.75, 3.05) is 17.2 Å². The number of amides is 2. The van der Waals surface area contributed by atoms with E-state index in [0.29, 0.717) is 16.9 Å². The molecule has 2 amide bonds. The van der Waals surface area contributed by atoms with Crippen molar-refractivity contribution < 1.29 is 23.2 Å². The summed E-state index contributed by atoms with van der Waals surface area (Å²) in [5.74, 6) is -1.09. The van der Waals surface area contributed by atoms with Crippen molar-refractivity contribution in [2.45, 2.75) is 6.92 Å². The Morgan fingerprint density at radius 2 is 1.85 bits per heavy atom. The average Bonchev–Trinajstić information content (AvgIpc) is 3.15. The third kappa shape index (κ3) is 4.49. The minimum absolute atomic E-state index is 0.0123.